The molecule has 0 nitrogen and oxygen atoms in total. The summed E-state index contributed by atoms with van der Waals surface area (Å²) in [6, 6.07) is 4.48. The van der Waals surface area contributed by atoms with E-state index in [9.17, 15) is 0 Å². The number of hydrogen-bond donors (Lipinski definition) is 0. The van der Waals surface area contributed by atoms with Gasteiger partial charge in [0.2, 0.25) is 0 Å². The molecule has 0 radical (unpaired) electrons. The van der Waals surface area contributed by atoms with Crippen LogP contribution in [0.25, 0.3) is 0 Å². The maximum absolute atomic E-state index is 2.24. The molecule has 0 aliphatic heterocycles. The molecule has 0 heterocycles. The van der Waals surface area contributed by atoms with Gasteiger partial charge in [-0.05, 0) is 0 Å². The number of aryl methyl sites for hydroxylation is 4. The van der Waals surface area contributed by atoms with Crippen molar-refractivity contribution in [1.82, 2.24) is 0 Å². The minimum atomic E-state index is 0. The first-order chi connectivity index (χ1) is 8.25. The minimum absolute atomic E-state index is 0. The van der Waals surface area contributed by atoms with E-state index in [1.807, 2.05) is 0 Å². The molecule has 2 aromatic rings. The summed E-state index contributed by atoms with van der Waals surface area (Å²) in [6.45, 7) is 17.4. The van der Waals surface area contributed by atoms with Crippen LogP contribution in [0.15, 0.2) is 12.1 Å². The van der Waals surface area contributed by atoms with Gasteiger partial charge in [-0.3, -0.25) is 0 Å². The Balaban J connectivity index is -0.000000270. The summed E-state index contributed by atoms with van der Waals surface area (Å²) in [5.41, 5.74) is 11.5. The van der Waals surface area contributed by atoms with Gasteiger partial charge < -0.3 is 9.41 Å². The fourth-order valence-corrected chi connectivity index (χ4v) is 2.27. The van der Waals surface area contributed by atoms with Crippen LogP contribution in [0, 0.1) is 55.4 Å². The zero-order chi connectivity index (χ0) is 14.0. The Hall–Kier alpha value is -0.908. The van der Waals surface area contributed by atoms with Crippen LogP contribution < -0.4 is 9.41 Å². The van der Waals surface area contributed by atoms with Crippen molar-refractivity contribution in [2.24, 2.45) is 0 Å². The van der Waals surface area contributed by atoms with Crippen molar-refractivity contribution in [3.8, 4) is 0 Å². The van der Waals surface area contributed by atoms with E-state index >= 15 is 0 Å². The predicted octanol–water partition coefficient (Wildman–Crippen LogP) is -0.716. The normalized spacial score (nSPS) is 8.76. The van der Waals surface area contributed by atoms with E-state index in [1.54, 1.807) is 0 Å². The van der Waals surface area contributed by atoms with Gasteiger partial charge in [-0.2, -0.15) is 56.6 Å². The summed E-state index contributed by atoms with van der Waals surface area (Å²) in [4.78, 5) is 0. The number of rotatable bonds is 0. The number of hydrogen-bond acceptors (Lipinski definition) is 0. The Kier molecular flexibility index (Phi) is 11.8. The Morgan fingerprint density at radius 2 is 0.857 bits per heavy atom. The third-order valence-corrected chi connectivity index (χ3v) is 4.36. The van der Waals surface area contributed by atoms with Gasteiger partial charge in [-0.1, -0.05) is 55.4 Å². The smallest absolute Gasteiger partial charge is 1.00 e. The molecule has 0 amide bonds. The molecule has 0 aliphatic rings. The quantitative estimate of drug-likeness (QED) is 0.559. The molecule has 0 spiro atoms. The van der Waals surface area contributed by atoms with Gasteiger partial charge in [0.25, 0.3) is 0 Å². The molecule has 0 unspecified atom stereocenters. The van der Waals surface area contributed by atoms with E-state index in [0.717, 1.165) is 0 Å². The summed E-state index contributed by atoms with van der Waals surface area (Å²) in [6.07, 6.45) is 0. The van der Waals surface area contributed by atoms with Crippen molar-refractivity contribution in [2.45, 2.75) is 55.4 Å². The topological polar surface area (TPSA) is 0 Å². The van der Waals surface area contributed by atoms with Crippen LogP contribution >= 0.6 is 0 Å². The van der Waals surface area contributed by atoms with Crippen molar-refractivity contribution < 1.29 is 26.8 Å². The molecule has 2 aromatic carbocycles. The molecule has 2 rings (SSSR count). The molecule has 21 heavy (non-hydrogen) atoms. The third-order valence-electron chi connectivity index (χ3n) is 4.36. The maximum Gasteiger partial charge on any atom is 4.00 e. The second kappa shape index (κ2) is 9.93. The van der Waals surface area contributed by atoms with E-state index < -0.39 is 0 Å². The van der Waals surface area contributed by atoms with Crippen molar-refractivity contribution in [3.05, 3.63) is 56.6 Å². The van der Waals surface area contributed by atoms with Crippen LogP contribution in [0.2, 0.25) is 0 Å². The first-order valence-corrected chi connectivity index (χ1v) is 6.65. The van der Waals surface area contributed by atoms with Crippen LogP contribution in [0.5, 0.6) is 0 Å². The molecule has 0 fully saturated rings. The molecule has 0 saturated carbocycles. The molecule has 0 aromatic heterocycles. The third kappa shape index (κ3) is 5.77. The molecular formula is C18H26CrF2. The zero-order valence-electron chi connectivity index (χ0n) is 14.3. The Morgan fingerprint density at radius 3 is 0.905 bits per heavy atom. The van der Waals surface area contributed by atoms with Gasteiger partial charge >= 0.3 is 17.4 Å². The van der Waals surface area contributed by atoms with Crippen LogP contribution in [0.3, 0.4) is 0 Å². The molecular weight excluding hydrogens is 306 g/mol. The minimum Gasteiger partial charge on any atom is -1.00 e. The predicted molar refractivity (Wildman–Crippen MR) is 82.0 cm³/mol. The average molecular weight is 332 g/mol. The van der Waals surface area contributed by atoms with Crippen LogP contribution in [0.1, 0.15) is 44.5 Å². The number of halogens is 2. The molecule has 0 N–H and O–H groups in total. The molecule has 0 atom stereocenters. The molecule has 0 aliphatic carbocycles. The van der Waals surface area contributed by atoms with Gasteiger partial charge in [0.1, 0.15) is 0 Å². The van der Waals surface area contributed by atoms with Gasteiger partial charge in [0.05, 0.1) is 0 Å². The second-order valence-electron chi connectivity index (χ2n) is 5.52. The van der Waals surface area contributed by atoms with E-state index in [4.69, 9.17) is 0 Å². The molecule has 0 bridgehead atoms. The van der Waals surface area contributed by atoms with Crippen molar-refractivity contribution >= 4 is 0 Å². The summed E-state index contributed by atoms with van der Waals surface area (Å²) in [5.74, 6) is 0. The van der Waals surface area contributed by atoms with E-state index in [2.05, 4.69) is 67.5 Å². The monoisotopic (exact) mass is 332 g/mol. The van der Waals surface area contributed by atoms with Crippen LogP contribution in [0.4, 0.5) is 0 Å². The fourth-order valence-electron chi connectivity index (χ4n) is 2.27. The SMILES string of the molecule is Cc1c[c-](C)c(C)c1C.Cc1c[c-](C)c(C)c1C.[Cr+4].[F-].[F-]. The van der Waals surface area contributed by atoms with Crippen molar-refractivity contribution in [2.75, 3.05) is 0 Å². The van der Waals surface area contributed by atoms with Crippen LogP contribution in [-0.4, -0.2) is 0 Å². The Morgan fingerprint density at radius 1 is 0.619 bits per heavy atom. The average Bonchev–Trinajstić information content (AvgIpc) is 2.66. The molecule has 118 valence electrons. The van der Waals surface area contributed by atoms with Gasteiger partial charge in [0.15, 0.2) is 0 Å². The van der Waals surface area contributed by atoms with Crippen molar-refractivity contribution in [3.63, 3.8) is 0 Å². The Labute approximate surface area is 139 Å². The van der Waals surface area contributed by atoms with Crippen LogP contribution in [-0.2, 0) is 17.4 Å². The van der Waals surface area contributed by atoms with Gasteiger partial charge in [0, 0.05) is 0 Å². The Bertz CT molecular complexity index is 453. The zero-order valence-corrected chi connectivity index (χ0v) is 15.6. The largest absolute Gasteiger partial charge is 4.00 e. The standard InChI is InChI=1S/2C9H13.Cr.2FH/c2*1-6-5-7(2)9(4)8(6)3;;;/h2*5H,1-4H3;;2*1H/q2*-1;+4;;/p-2. The van der Waals surface area contributed by atoms with E-state index in [1.165, 1.54) is 44.5 Å². The fraction of sp³-hybridized carbons (Fsp3) is 0.444. The summed E-state index contributed by atoms with van der Waals surface area (Å²) >= 11 is 0. The summed E-state index contributed by atoms with van der Waals surface area (Å²) in [5, 5.41) is 0. The van der Waals surface area contributed by atoms with Crippen molar-refractivity contribution in [1.29, 1.82) is 0 Å². The first-order valence-electron chi connectivity index (χ1n) is 6.65. The maximum atomic E-state index is 2.24. The summed E-state index contributed by atoms with van der Waals surface area (Å²) in [7, 11) is 0. The van der Waals surface area contributed by atoms with Gasteiger partial charge in [-0.25, -0.2) is 0 Å². The molecule has 0 saturated heterocycles. The van der Waals surface area contributed by atoms with E-state index in [0.29, 0.717) is 0 Å². The van der Waals surface area contributed by atoms with E-state index in [-0.39, 0.29) is 26.8 Å². The molecule has 3 heteroatoms. The van der Waals surface area contributed by atoms with Gasteiger partial charge in [-0.15, -0.1) is 0 Å². The second-order valence-corrected chi connectivity index (χ2v) is 5.52. The summed E-state index contributed by atoms with van der Waals surface area (Å²) < 4.78 is 0. The first kappa shape index (κ1) is 25.1.